The maximum atomic E-state index is 6.08. The van der Waals surface area contributed by atoms with Crippen LogP contribution in [0.2, 0.25) is 10.0 Å². The maximum absolute atomic E-state index is 6.08. The number of benzene rings is 1. The fourth-order valence-corrected chi connectivity index (χ4v) is 1.94. The van der Waals surface area contributed by atoms with Gasteiger partial charge in [0.2, 0.25) is 5.88 Å². The molecule has 2 aromatic rings. The van der Waals surface area contributed by atoms with Crippen LogP contribution in [0.15, 0.2) is 24.5 Å². The first-order valence-electron chi connectivity index (χ1n) is 6.30. The van der Waals surface area contributed by atoms with Crippen molar-refractivity contribution in [1.82, 2.24) is 9.97 Å². The number of hydrogen-bond donors (Lipinski definition) is 1. The number of ether oxygens (including phenoxy) is 1. The van der Waals surface area contributed by atoms with Crippen molar-refractivity contribution in [2.75, 3.05) is 11.9 Å². The molecule has 0 atom stereocenters. The van der Waals surface area contributed by atoms with Crippen LogP contribution < -0.4 is 10.1 Å². The van der Waals surface area contributed by atoms with Crippen molar-refractivity contribution in [3.05, 3.63) is 40.1 Å². The van der Waals surface area contributed by atoms with Crippen LogP contribution in [0.25, 0.3) is 0 Å². The van der Waals surface area contributed by atoms with Crippen molar-refractivity contribution in [3.8, 4) is 11.6 Å². The Kier molecular flexibility index (Phi) is 5.04. The molecule has 0 bridgehead atoms. The molecule has 0 saturated heterocycles. The lowest BCUT2D eigenvalue weighted by atomic mass is 10.3. The minimum Gasteiger partial charge on any atom is -0.437 e. The highest BCUT2D eigenvalue weighted by molar-refractivity contribution is 6.34. The van der Waals surface area contributed by atoms with Crippen LogP contribution in [0.4, 0.5) is 5.82 Å². The van der Waals surface area contributed by atoms with E-state index in [-0.39, 0.29) is 0 Å². The zero-order chi connectivity index (χ0) is 14.5. The van der Waals surface area contributed by atoms with Gasteiger partial charge < -0.3 is 10.1 Å². The van der Waals surface area contributed by atoms with Gasteiger partial charge in [0, 0.05) is 17.6 Å². The van der Waals surface area contributed by atoms with Crippen LogP contribution >= 0.6 is 23.2 Å². The van der Waals surface area contributed by atoms with Crippen LogP contribution in [0.5, 0.6) is 11.6 Å². The van der Waals surface area contributed by atoms with Gasteiger partial charge in [-0.3, -0.25) is 0 Å². The molecular formula is C14H15Cl2N3O. The predicted molar refractivity (Wildman–Crippen MR) is 82.1 cm³/mol. The molecule has 6 heteroatoms. The summed E-state index contributed by atoms with van der Waals surface area (Å²) in [6.45, 7) is 4.83. The summed E-state index contributed by atoms with van der Waals surface area (Å²) in [5.74, 6) is 1.69. The van der Waals surface area contributed by atoms with Gasteiger partial charge in [-0.25, -0.2) is 9.97 Å². The summed E-state index contributed by atoms with van der Waals surface area (Å²) < 4.78 is 5.73. The summed E-state index contributed by atoms with van der Waals surface area (Å²) in [4.78, 5) is 8.33. The Hall–Kier alpha value is -1.52. The van der Waals surface area contributed by atoms with Gasteiger partial charge in [0.25, 0.3) is 0 Å². The normalized spacial score (nSPS) is 10.4. The van der Waals surface area contributed by atoms with E-state index in [2.05, 4.69) is 22.2 Å². The lowest BCUT2D eigenvalue weighted by Gasteiger charge is -2.12. The summed E-state index contributed by atoms with van der Waals surface area (Å²) >= 11 is 12.0. The molecule has 0 aliphatic heterocycles. The molecule has 1 aromatic heterocycles. The van der Waals surface area contributed by atoms with Gasteiger partial charge in [0.05, 0.1) is 10.6 Å². The molecule has 106 valence electrons. The molecule has 1 heterocycles. The molecule has 0 spiro atoms. The number of nitrogens with zero attached hydrogens (tertiary/aromatic N) is 2. The van der Waals surface area contributed by atoms with E-state index in [0.29, 0.717) is 21.7 Å². The Morgan fingerprint density at radius 3 is 2.80 bits per heavy atom. The molecule has 0 saturated carbocycles. The van der Waals surface area contributed by atoms with Crippen LogP contribution in [0, 0.1) is 6.92 Å². The number of halogens is 2. The Bertz CT molecular complexity index is 605. The maximum Gasteiger partial charge on any atom is 0.227 e. The van der Waals surface area contributed by atoms with Crippen LogP contribution in [-0.4, -0.2) is 16.5 Å². The predicted octanol–water partition coefficient (Wildman–Crippen LogP) is 4.71. The average molecular weight is 312 g/mol. The van der Waals surface area contributed by atoms with E-state index < -0.39 is 0 Å². The largest absolute Gasteiger partial charge is 0.437 e. The molecule has 0 unspecified atom stereocenters. The summed E-state index contributed by atoms with van der Waals surface area (Å²) in [6, 6.07) is 5.05. The van der Waals surface area contributed by atoms with Crippen molar-refractivity contribution in [3.63, 3.8) is 0 Å². The third-order valence-electron chi connectivity index (χ3n) is 2.68. The molecule has 20 heavy (non-hydrogen) atoms. The first-order chi connectivity index (χ1) is 9.61. The Morgan fingerprint density at radius 1 is 1.25 bits per heavy atom. The topological polar surface area (TPSA) is 47.0 Å². The van der Waals surface area contributed by atoms with Crippen LogP contribution in [0.3, 0.4) is 0 Å². The molecule has 0 aliphatic carbocycles. The van der Waals surface area contributed by atoms with Crippen molar-refractivity contribution in [2.24, 2.45) is 0 Å². The summed E-state index contributed by atoms with van der Waals surface area (Å²) in [6.07, 6.45) is 2.47. The lowest BCUT2D eigenvalue weighted by Crippen LogP contribution is -2.05. The number of rotatable bonds is 5. The fraction of sp³-hybridized carbons (Fsp3) is 0.286. The Morgan fingerprint density at radius 2 is 2.05 bits per heavy atom. The summed E-state index contributed by atoms with van der Waals surface area (Å²) in [5.41, 5.74) is 0.831. The quantitative estimate of drug-likeness (QED) is 0.869. The van der Waals surface area contributed by atoms with Gasteiger partial charge in [-0.15, -0.1) is 0 Å². The molecule has 2 rings (SSSR count). The third-order valence-corrected chi connectivity index (χ3v) is 3.23. The molecule has 1 N–H and O–H groups in total. The van der Waals surface area contributed by atoms with Crippen molar-refractivity contribution in [2.45, 2.75) is 20.3 Å². The standard InChI is InChI=1S/C14H15Cl2N3O/c1-3-6-17-13-9(2)14(19-8-18-13)20-12-7-10(15)4-5-11(12)16/h4-5,7-8H,3,6H2,1-2H3,(H,17,18,19). The Balaban J connectivity index is 2.27. The number of hydrogen-bond acceptors (Lipinski definition) is 4. The second-order valence-corrected chi connectivity index (χ2v) is 5.10. The monoisotopic (exact) mass is 311 g/mol. The molecule has 0 aliphatic rings. The Labute approximate surface area is 128 Å². The zero-order valence-electron chi connectivity index (χ0n) is 11.3. The second kappa shape index (κ2) is 6.77. The van der Waals surface area contributed by atoms with E-state index in [1.54, 1.807) is 18.2 Å². The smallest absolute Gasteiger partial charge is 0.227 e. The SMILES string of the molecule is CCCNc1ncnc(Oc2cc(Cl)ccc2Cl)c1C. The van der Waals surface area contributed by atoms with Gasteiger partial charge in [-0.05, 0) is 25.5 Å². The van der Waals surface area contributed by atoms with Crippen molar-refractivity contribution >= 4 is 29.0 Å². The fourth-order valence-electron chi connectivity index (χ4n) is 1.62. The van der Waals surface area contributed by atoms with Gasteiger partial charge in [-0.2, -0.15) is 0 Å². The van der Waals surface area contributed by atoms with E-state index in [0.717, 1.165) is 24.3 Å². The minimum absolute atomic E-state index is 0.461. The highest BCUT2D eigenvalue weighted by Crippen LogP contribution is 2.33. The van der Waals surface area contributed by atoms with Crippen LogP contribution in [0.1, 0.15) is 18.9 Å². The first kappa shape index (κ1) is 14.9. The van der Waals surface area contributed by atoms with Gasteiger partial charge in [0.1, 0.15) is 17.9 Å². The molecule has 0 fully saturated rings. The first-order valence-corrected chi connectivity index (χ1v) is 7.05. The number of anilines is 1. The highest BCUT2D eigenvalue weighted by Gasteiger charge is 2.11. The molecule has 0 amide bonds. The minimum atomic E-state index is 0.461. The average Bonchev–Trinajstić information content (AvgIpc) is 2.44. The van der Waals surface area contributed by atoms with E-state index in [1.165, 1.54) is 6.33 Å². The second-order valence-electron chi connectivity index (χ2n) is 4.26. The summed E-state index contributed by atoms with van der Waals surface area (Å²) in [5, 5.41) is 4.26. The van der Waals surface area contributed by atoms with Crippen molar-refractivity contribution < 1.29 is 4.74 Å². The van der Waals surface area contributed by atoms with Crippen LogP contribution in [-0.2, 0) is 0 Å². The summed E-state index contributed by atoms with van der Waals surface area (Å²) in [7, 11) is 0. The highest BCUT2D eigenvalue weighted by atomic mass is 35.5. The van der Waals surface area contributed by atoms with E-state index in [4.69, 9.17) is 27.9 Å². The van der Waals surface area contributed by atoms with Gasteiger partial charge in [0.15, 0.2) is 0 Å². The third kappa shape index (κ3) is 3.52. The van der Waals surface area contributed by atoms with E-state index >= 15 is 0 Å². The number of aromatic nitrogens is 2. The number of nitrogens with one attached hydrogen (secondary N) is 1. The van der Waals surface area contributed by atoms with E-state index in [1.807, 2.05) is 6.92 Å². The lowest BCUT2D eigenvalue weighted by molar-refractivity contribution is 0.458. The molecular weight excluding hydrogens is 297 g/mol. The van der Waals surface area contributed by atoms with Crippen molar-refractivity contribution in [1.29, 1.82) is 0 Å². The molecule has 4 nitrogen and oxygen atoms in total. The van der Waals surface area contributed by atoms with Gasteiger partial charge >= 0.3 is 0 Å². The molecule has 1 aromatic carbocycles. The molecule has 0 radical (unpaired) electrons. The van der Waals surface area contributed by atoms with E-state index in [9.17, 15) is 0 Å². The van der Waals surface area contributed by atoms with Gasteiger partial charge in [-0.1, -0.05) is 30.1 Å². The zero-order valence-corrected chi connectivity index (χ0v) is 12.8.